The van der Waals surface area contributed by atoms with Crippen molar-refractivity contribution < 1.29 is 9.47 Å². The molecule has 1 aromatic carbocycles. The Bertz CT molecular complexity index is 463. The van der Waals surface area contributed by atoms with E-state index >= 15 is 0 Å². The summed E-state index contributed by atoms with van der Waals surface area (Å²) in [6.45, 7) is 2.68. The first kappa shape index (κ1) is 17.2. The lowest BCUT2D eigenvalue weighted by Gasteiger charge is -2.19. The number of benzene rings is 1. The van der Waals surface area contributed by atoms with Crippen molar-refractivity contribution in [3.05, 3.63) is 33.3 Å². The van der Waals surface area contributed by atoms with Crippen LogP contribution in [0.15, 0.2) is 22.7 Å². The Labute approximate surface area is 139 Å². The van der Waals surface area contributed by atoms with E-state index in [4.69, 9.17) is 26.8 Å². The van der Waals surface area contributed by atoms with E-state index < -0.39 is 0 Å². The molecule has 0 amide bonds. The molecule has 3 atom stereocenters. The predicted molar refractivity (Wildman–Crippen MR) is 88.7 cm³/mol. The fourth-order valence-corrected chi connectivity index (χ4v) is 3.55. The lowest BCUT2D eigenvalue weighted by Crippen LogP contribution is -2.27. The van der Waals surface area contributed by atoms with Crippen LogP contribution in [-0.2, 0) is 9.47 Å². The molecule has 4 nitrogen and oxygen atoms in total. The highest BCUT2D eigenvalue weighted by Gasteiger charge is 2.32. The third-order valence-corrected chi connectivity index (χ3v) is 4.84. The average Bonchev–Trinajstić information content (AvgIpc) is 2.87. The minimum absolute atomic E-state index is 0.0619. The molecule has 1 aliphatic heterocycles. The van der Waals surface area contributed by atoms with Crippen LogP contribution in [0.2, 0.25) is 5.02 Å². The van der Waals surface area contributed by atoms with E-state index in [0.717, 1.165) is 36.1 Å². The number of hydrogen-bond acceptors (Lipinski definition) is 4. The lowest BCUT2D eigenvalue weighted by molar-refractivity contribution is -0.00461. The number of hydrogen-bond donors (Lipinski definition) is 1. The summed E-state index contributed by atoms with van der Waals surface area (Å²) >= 11 is 9.65. The average molecular weight is 378 g/mol. The normalized spacial score (nSPS) is 24.4. The first-order valence-electron chi connectivity index (χ1n) is 7.03. The van der Waals surface area contributed by atoms with E-state index in [9.17, 15) is 0 Å². The van der Waals surface area contributed by atoms with Gasteiger partial charge in [0.1, 0.15) is 0 Å². The molecular weight excluding hydrogens is 356 g/mol. The van der Waals surface area contributed by atoms with Crippen LogP contribution >= 0.6 is 27.5 Å². The summed E-state index contributed by atoms with van der Waals surface area (Å²) in [6.07, 6.45) is 1.14. The summed E-state index contributed by atoms with van der Waals surface area (Å²) in [7, 11) is 3.46. The molecule has 1 heterocycles. The van der Waals surface area contributed by atoms with Crippen LogP contribution in [0.25, 0.3) is 0 Å². The number of nitrogens with zero attached hydrogens (tertiary/aromatic N) is 1. The van der Waals surface area contributed by atoms with Crippen LogP contribution in [0.3, 0.4) is 0 Å². The summed E-state index contributed by atoms with van der Waals surface area (Å²) in [6, 6.07) is 5.78. The van der Waals surface area contributed by atoms with Crippen LogP contribution in [0.5, 0.6) is 0 Å². The molecule has 6 heteroatoms. The molecule has 2 rings (SSSR count). The summed E-state index contributed by atoms with van der Waals surface area (Å²) in [5.74, 6) is 0. The van der Waals surface area contributed by atoms with E-state index in [1.54, 1.807) is 14.2 Å². The molecule has 21 heavy (non-hydrogen) atoms. The van der Waals surface area contributed by atoms with Crippen LogP contribution in [0, 0.1) is 0 Å². The van der Waals surface area contributed by atoms with Gasteiger partial charge in [-0.15, -0.1) is 0 Å². The molecule has 1 saturated heterocycles. The Hall–Kier alpha value is -0.170. The molecule has 1 aromatic rings. The SMILES string of the molecule is COC1CN(CCC(N)c2ccc(Br)cc2Cl)CC1OC. The third kappa shape index (κ3) is 4.41. The molecule has 0 aliphatic carbocycles. The second-order valence-corrected chi connectivity index (χ2v) is 6.69. The van der Waals surface area contributed by atoms with Gasteiger partial charge in [-0.2, -0.15) is 0 Å². The topological polar surface area (TPSA) is 47.7 Å². The van der Waals surface area contributed by atoms with Crippen molar-refractivity contribution in [1.29, 1.82) is 0 Å². The van der Waals surface area contributed by atoms with Crippen molar-refractivity contribution in [3.63, 3.8) is 0 Å². The highest BCUT2D eigenvalue weighted by molar-refractivity contribution is 9.10. The molecule has 0 saturated carbocycles. The van der Waals surface area contributed by atoms with Crippen molar-refractivity contribution in [3.8, 4) is 0 Å². The number of halogens is 2. The lowest BCUT2D eigenvalue weighted by atomic mass is 10.0. The minimum Gasteiger partial charge on any atom is -0.377 e. The maximum absolute atomic E-state index is 6.27. The molecule has 2 N–H and O–H groups in total. The fraction of sp³-hybridized carbons (Fsp3) is 0.600. The highest BCUT2D eigenvalue weighted by Crippen LogP contribution is 2.27. The van der Waals surface area contributed by atoms with Crippen molar-refractivity contribution in [2.24, 2.45) is 5.73 Å². The number of nitrogens with two attached hydrogens (primary N) is 1. The molecule has 1 fully saturated rings. The van der Waals surface area contributed by atoms with Gasteiger partial charge in [0.15, 0.2) is 0 Å². The molecule has 3 unspecified atom stereocenters. The Kier molecular flexibility index (Phi) is 6.47. The summed E-state index contributed by atoms with van der Waals surface area (Å²) < 4.78 is 11.9. The smallest absolute Gasteiger partial charge is 0.0971 e. The van der Waals surface area contributed by atoms with Crippen LogP contribution in [0.4, 0.5) is 0 Å². The summed E-state index contributed by atoms with van der Waals surface area (Å²) in [4.78, 5) is 2.33. The van der Waals surface area contributed by atoms with E-state index in [1.165, 1.54) is 0 Å². The molecule has 0 bridgehead atoms. The van der Waals surface area contributed by atoms with Gasteiger partial charge < -0.3 is 15.2 Å². The van der Waals surface area contributed by atoms with Crippen molar-refractivity contribution >= 4 is 27.5 Å². The molecule has 0 spiro atoms. The first-order valence-corrected chi connectivity index (χ1v) is 8.20. The standard InChI is InChI=1S/C15H22BrClN2O2/c1-20-14-8-19(9-15(14)21-2)6-5-13(18)11-4-3-10(16)7-12(11)17/h3-4,7,13-15H,5-6,8-9,18H2,1-2H3. The van der Waals surface area contributed by atoms with Gasteiger partial charge in [0.05, 0.1) is 12.2 Å². The van der Waals surface area contributed by atoms with E-state index in [0.29, 0.717) is 5.02 Å². The maximum atomic E-state index is 6.27. The Morgan fingerprint density at radius 1 is 1.33 bits per heavy atom. The largest absolute Gasteiger partial charge is 0.377 e. The first-order chi connectivity index (χ1) is 10.0. The van der Waals surface area contributed by atoms with Gasteiger partial charge in [-0.1, -0.05) is 33.6 Å². The molecule has 0 radical (unpaired) electrons. The van der Waals surface area contributed by atoms with Gasteiger partial charge in [0.2, 0.25) is 0 Å². The van der Waals surface area contributed by atoms with Gasteiger partial charge in [-0.3, -0.25) is 4.90 Å². The summed E-state index contributed by atoms with van der Waals surface area (Å²) in [5, 5.41) is 0.711. The molecule has 1 aliphatic rings. The number of ether oxygens (including phenoxy) is 2. The van der Waals surface area contributed by atoms with Crippen molar-refractivity contribution in [2.75, 3.05) is 33.9 Å². The molecular formula is C15H22BrClN2O2. The predicted octanol–water partition coefficient (Wildman–Crippen LogP) is 2.84. The summed E-state index contributed by atoms with van der Waals surface area (Å²) in [5.41, 5.74) is 7.26. The van der Waals surface area contributed by atoms with Gasteiger partial charge in [0.25, 0.3) is 0 Å². The quantitative estimate of drug-likeness (QED) is 0.828. The number of methoxy groups -OCH3 is 2. The molecule has 0 aromatic heterocycles. The van der Waals surface area contributed by atoms with Gasteiger partial charge in [0, 0.05) is 49.4 Å². The van der Waals surface area contributed by atoms with Gasteiger partial charge >= 0.3 is 0 Å². The fourth-order valence-electron chi connectivity index (χ4n) is 2.73. The molecule has 118 valence electrons. The zero-order valence-electron chi connectivity index (χ0n) is 12.4. The van der Waals surface area contributed by atoms with Crippen molar-refractivity contribution in [2.45, 2.75) is 24.7 Å². The Morgan fingerprint density at radius 3 is 2.48 bits per heavy atom. The van der Waals surface area contributed by atoms with E-state index in [1.807, 2.05) is 18.2 Å². The Morgan fingerprint density at radius 2 is 1.95 bits per heavy atom. The van der Waals surface area contributed by atoms with Crippen LogP contribution in [0.1, 0.15) is 18.0 Å². The monoisotopic (exact) mass is 376 g/mol. The van der Waals surface area contributed by atoms with Crippen LogP contribution in [-0.4, -0.2) is 51.0 Å². The van der Waals surface area contributed by atoms with Crippen molar-refractivity contribution in [1.82, 2.24) is 4.90 Å². The second kappa shape index (κ2) is 7.90. The third-order valence-electron chi connectivity index (χ3n) is 4.01. The minimum atomic E-state index is -0.0619. The number of likely N-dealkylation sites (tertiary alicyclic amines) is 1. The zero-order chi connectivity index (χ0) is 15.4. The van der Waals surface area contributed by atoms with Gasteiger partial charge in [-0.25, -0.2) is 0 Å². The second-order valence-electron chi connectivity index (χ2n) is 5.37. The van der Waals surface area contributed by atoms with Crippen LogP contribution < -0.4 is 5.73 Å². The maximum Gasteiger partial charge on any atom is 0.0971 e. The van der Waals surface area contributed by atoms with E-state index in [2.05, 4.69) is 20.8 Å². The zero-order valence-corrected chi connectivity index (χ0v) is 14.7. The van der Waals surface area contributed by atoms with Gasteiger partial charge in [-0.05, 0) is 24.1 Å². The number of rotatable bonds is 6. The highest BCUT2D eigenvalue weighted by atomic mass is 79.9. The van der Waals surface area contributed by atoms with E-state index in [-0.39, 0.29) is 18.2 Å². The Balaban J connectivity index is 1.88.